The lowest BCUT2D eigenvalue weighted by Crippen LogP contribution is -2.43. The van der Waals surface area contributed by atoms with Gasteiger partial charge in [-0.25, -0.2) is 0 Å². The second-order valence-corrected chi connectivity index (χ2v) is 5.67. The molecule has 19 heavy (non-hydrogen) atoms. The van der Waals surface area contributed by atoms with E-state index >= 15 is 0 Å². The summed E-state index contributed by atoms with van der Waals surface area (Å²) < 4.78 is 0. The van der Waals surface area contributed by atoms with Crippen LogP contribution >= 0.6 is 11.6 Å². The predicted molar refractivity (Wildman–Crippen MR) is 82.9 cm³/mol. The molecule has 1 saturated heterocycles. The van der Waals surface area contributed by atoms with Gasteiger partial charge in [0.05, 0.1) is 10.7 Å². The third kappa shape index (κ3) is 3.41. The van der Waals surface area contributed by atoms with Gasteiger partial charge in [0.2, 0.25) is 0 Å². The van der Waals surface area contributed by atoms with E-state index in [2.05, 4.69) is 35.9 Å². The molecule has 4 heteroatoms. The minimum atomic E-state index is 0.540. The van der Waals surface area contributed by atoms with Crippen molar-refractivity contribution in [1.82, 2.24) is 4.90 Å². The molecule has 1 fully saturated rings. The molecule has 2 N–H and O–H groups in total. The van der Waals surface area contributed by atoms with Gasteiger partial charge in [0, 0.05) is 32.7 Å². The van der Waals surface area contributed by atoms with Crippen LogP contribution in [0.4, 0.5) is 5.69 Å². The molecule has 2 rings (SSSR count). The van der Waals surface area contributed by atoms with Crippen LogP contribution in [-0.4, -0.2) is 37.6 Å². The van der Waals surface area contributed by atoms with Crippen LogP contribution < -0.4 is 10.6 Å². The molecule has 0 aromatic heterocycles. The molecule has 1 aliphatic heterocycles. The standard InChI is InChI=1S/C15H24ClN3/c1-3-19-8-6-13(7-9-19)18(2)15-5-4-12(11-17)10-14(15)16/h4-5,10,13H,3,6-9,11,17H2,1-2H3. The third-order valence-corrected chi connectivity index (χ3v) is 4.48. The van der Waals surface area contributed by atoms with Crippen molar-refractivity contribution in [2.24, 2.45) is 5.73 Å². The van der Waals surface area contributed by atoms with E-state index in [1.54, 1.807) is 0 Å². The maximum Gasteiger partial charge on any atom is 0.0642 e. The van der Waals surface area contributed by atoms with Crippen LogP contribution in [0.25, 0.3) is 0 Å². The van der Waals surface area contributed by atoms with E-state index in [1.807, 2.05) is 6.07 Å². The maximum atomic E-state index is 6.37. The number of anilines is 1. The van der Waals surface area contributed by atoms with Gasteiger partial charge in [0.15, 0.2) is 0 Å². The van der Waals surface area contributed by atoms with Gasteiger partial charge >= 0.3 is 0 Å². The van der Waals surface area contributed by atoms with E-state index in [1.165, 1.54) is 25.9 Å². The molecular weight excluding hydrogens is 258 g/mol. The van der Waals surface area contributed by atoms with Crippen molar-refractivity contribution in [3.05, 3.63) is 28.8 Å². The van der Waals surface area contributed by atoms with E-state index in [-0.39, 0.29) is 0 Å². The molecular formula is C15H24ClN3. The predicted octanol–water partition coefficient (Wildman–Crippen LogP) is 2.72. The van der Waals surface area contributed by atoms with E-state index in [9.17, 15) is 0 Å². The molecule has 0 bridgehead atoms. The lowest BCUT2D eigenvalue weighted by atomic mass is 10.0. The first-order valence-corrected chi connectivity index (χ1v) is 7.47. The number of rotatable bonds is 4. The van der Waals surface area contributed by atoms with Crippen LogP contribution in [0.5, 0.6) is 0 Å². The average Bonchev–Trinajstić information content (AvgIpc) is 2.46. The normalized spacial score (nSPS) is 17.7. The van der Waals surface area contributed by atoms with Crippen LogP contribution in [0.15, 0.2) is 18.2 Å². The zero-order valence-corrected chi connectivity index (χ0v) is 12.7. The summed E-state index contributed by atoms with van der Waals surface area (Å²) in [6, 6.07) is 6.73. The molecule has 3 nitrogen and oxygen atoms in total. The third-order valence-electron chi connectivity index (χ3n) is 4.18. The minimum Gasteiger partial charge on any atom is -0.370 e. The summed E-state index contributed by atoms with van der Waals surface area (Å²) in [7, 11) is 2.15. The fraction of sp³-hybridized carbons (Fsp3) is 0.600. The number of nitrogens with two attached hydrogens (primary N) is 1. The van der Waals surface area contributed by atoms with Gasteiger partial charge < -0.3 is 15.5 Å². The number of nitrogens with zero attached hydrogens (tertiary/aromatic N) is 2. The van der Waals surface area contributed by atoms with Gasteiger partial charge in [-0.1, -0.05) is 24.6 Å². The van der Waals surface area contributed by atoms with Crippen LogP contribution in [0, 0.1) is 0 Å². The summed E-state index contributed by atoms with van der Waals surface area (Å²) in [5.41, 5.74) is 7.85. The first-order chi connectivity index (χ1) is 9.15. The van der Waals surface area contributed by atoms with Crippen molar-refractivity contribution in [2.75, 3.05) is 31.6 Å². The van der Waals surface area contributed by atoms with E-state index < -0.39 is 0 Å². The Balaban J connectivity index is 2.05. The molecule has 1 aromatic rings. The highest BCUT2D eigenvalue weighted by atomic mass is 35.5. The second kappa shape index (κ2) is 6.60. The SMILES string of the molecule is CCN1CCC(N(C)c2ccc(CN)cc2Cl)CC1. The first kappa shape index (κ1) is 14.6. The van der Waals surface area contributed by atoms with Gasteiger partial charge in [-0.05, 0) is 37.1 Å². The van der Waals surface area contributed by atoms with Crippen LogP contribution in [0.1, 0.15) is 25.3 Å². The summed E-state index contributed by atoms with van der Waals surface area (Å²) in [6.07, 6.45) is 2.42. The van der Waals surface area contributed by atoms with Gasteiger partial charge in [0.1, 0.15) is 0 Å². The topological polar surface area (TPSA) is 32.5 Å². The number of halogens is 1. The molecule has 0 amide bonds. The molecule has 0 spiro atoms. The van der Waals surface area contributed by atoms with Crippen molar-refractivity contribution >= 4 is 17.3 Å². The van der Waals surface area contributed by atoms with Crippen molar-refractivity contribution in [2.45, 2.75) is 32.4 Å². The van der Waals surface area contributed by atoms with E-state index in [0.717, 1.165) is 22.8 Å². The van der Waals surface area contributed by atoms with Gasteiger partial charge in [0.25, 0.3) is 0 Å². The zero-order chi connectivity index (χ0) is 13.8. The number of likely N-dealkylation sites (tertiary alicyclic amines) is 1. The fourth-order valence-corrected chi connectivity index (χ4v) is 3.12. The smallest absolute Gasteiger partial charge is 0.0642 e. The average molecular weight is 282 g/mol. The highest BCUT2D eigenvalue weighted by Crippen LogP contribution is 2.29. The first-order valence-electron chi connectivity index (χ1n) is 7.09. The lowest BCUT2D eigenvalue weighted by Gasteiger charge is -2.37. The van der Waals surface area contributed by atoms with Crippen LogP contribution in [-0.2, 0) is 6.54 Å². The Morgan fingerprint density at radius 3 is 2.58 bits per heavy atom. The van der Waals surface area contributed by atoms with Crippen LogP contribution in [0.2, 0.25) is 5.02 Å². The number of benzene rings is 1. The summed E-state index contributed by atoms with van der Waals surface area (Å²) in [6.45, 7) is 6.29. The Morgan fingerprint density at radius 1 is 1.37 bits per heavy atom. The largest absolute Gasteiger partial charge is 0.370 e. The Hall–Kier alpha value is -0.770. The fourth-order valence-electron chi connectivity index (χ4n) is 2.78. The Morgan fingerprint density at radius 2 is 2.05 bits per heavy atom. The lowest BCUT2D eigenvalue weighted by molar-refractivity contribution is 0.221. The molecule has 0 atom stereocenters. The van der Waals surface area contributed by atoms with Crippen molar-refractivity contribution in [3.63, 3.8) is 0 Å². The molecule has 0 saturated carbocycles. The summed E-state index contributed by atoms with van der Waals surface area (Å²) in [4.78, 5) is 4.83. The molecule has 1 aromatic carbocycles. The number of hydrogen-bond donors (Lipinski definition) is 1. The highest BCUT2D eigenvalue weighted by molar-refractivity contribution is 6.33. The minimum absolute atomic E-state index is 0.540. The van der Waals surface area contributed by atoms with Gasteiger partial charge in [-0.3, -0.25) is 0 Å². The Labute approximate surface area is 121 Å². The zero-order valence-electron chi connectivity index (χ0n) is 11.9. The van der Waals surface area contributed by atoms with E-state index in [4.69, 9.17) is 17.3 Å². The molecule has 1 aliphatic rings. The summed E-state index contributed by atoms with van der Waals surface area (Å²) in [5, 5.41) is 0.809. The summed E-state index contributed by atoms with van der Waals surface area (Å²) in [5.74, 6) is 0. The quantitative estimate of drug-likeness (QED) is 0.921. The van der Waals surface area contributed by atoms with Crippen molar-refractivity contribution < 1.29 is 0 Å². The Kier molecular flexibility index (Phi) is 5.08. The van der Waals surface area contributed by atoms with Crippen LogP contribution in [0.3, 0.4) is 0 Å². The maximum absolute atomic E-state index is 6.37. The molecule has 0 unspecified atom stereocenters. The van der Waals surface area contributed by atoms with Gasteiger partial charge in [-0.15, -0.1) is 0 Å². The summed E-state index contributed by atoms with van der Waals surface area (Å²) >= 11 is 6.37. The van der Waals surface area contributed by atoms with Crippen molar-refractivity contribution in [1.29, 1.82) is 0 Å². The number of piperidine rings is 1. The second-order valence-electron chi connectivity index (χ2n) is 5.27. The Bertz CT molecular complexity index is 414. The van der Waals surface area contributed by atoms with Crippen molar-refractivity contribution in [3.8, 4) is 0 Å². The number of hydrogen-bond acceptors (Lipinski definition) is 3. The molecule has 106 valence electrons. The molecule has 0 aliphatic carbocycles. The van der Waals surface area contributed by atoms with E-state index in [0.29, 0.717) is 12.6 Å². The monoisotopic (exact) mass is 281 g/mol. The highest BCUT2D eigenvalue weighted by Gasteiger charge is 2.22. The van der Waals surface area contributed by atoms with Gasteiger partial charge in [-0.2, -0.15) is 0 Å². The molecule has 0 radical (unpaired) electrons. The molecule has 1 heterocycles.